The van der Waals surface area contributed by atoms with Crippen molar-refractivity contribution in [1.82, 2.24) is 0 Å². The van der Waals surface area contributed by atoms with Crippen LogP contribution in [-0.2, 0) is 4.79 Å². The third-order valence-electron chi connectivity index (χ3n) is 10.5. The van der Waals surface area contributed by atoms with Crippen LogP contribution in [0, 0.1) is 46.3 Å². The van der Waals surface area contributed by atoms with Crippen molar-refractivity contribution >= 4 is 5.97 Å². The lowest BCUT2D eigenvalue weighted by molar-refractivity contribution is -0.202. The zero-order valence-corrected chi connectivity index (χ0v) is 18.6. The van der Waals surface area contributed by atoms with Crippen molar-refractivity contribution in [2.75, 3.05) is 0 Å². The predicted octanol–water partition coefficient (Wildman–Crippen LogP) is 4.87. The number of hydrogen-bond acceptors (Lipinski definition) is 3. The summed E-state index contributed by atoms with van der Waals surface area (Å²) in [6.45, 7) is 7.16. The van der Waals surface area contributed by atoms with Crippen LogP contribution in [0.3, 0.4) is 0 Å². The molecule has 0 aromatic rings. The van der Waals surface area contributed by atoms with Crippen molar-refractivity contribution in [3.05, 3.63) is 0 Å². The average Bonchev–Trinajstić information content (AvgIpc) is 3.00. The molecule has 0 aromatic carbocycles. The SMILES string of the molecule is CC[C@@H]1C2C[C@H](O)CCC2(C)[C@H]2CC[C@]3(C)[C@@H](CCCC(=O)O)CC[C@H]3C2[C@@H]1O. The second-order valence-corrected chi connectivity index (χ2v) is 11.5. The smallest absolute Gasteiger partial charge is 0.303 e. The predicted molar refractivity (Wildman–Crippen MR) is 113 cm³/mol. The monoisotopic (exact) mass is 406 g/mol. The van der Waals surface area contributed by atoms with Gasteiger partial charge in [-0.05, 0) is 104 Å². The Bertz CT molecular complexity index is 620. The number of hydrogen-bond donors (Lipinski definition) is 3. The lowest BCUT2D eigenvalue weighted by Gasteiger charge is -2.64. The number of aliphatic carboxylic acids is 1. The molecule has 29 heavy (non-hydrogen) atoms. The molecule has 4 aliphatic rings. The zero-order valence-electron chi connectivity index (χ0n) is 18.6. The molecule has 0 aliphatic heterocycles. The maximum absolute atomic E-state index is 11.6. The number of aliphatic hydroxyl groups excluding tert-OH is 2. The van der Waals surface area contributed by atoms with Crippen LogP contribution in [0.1, 0.15) is 91.4 Å². The van der Waals surface area contributed by atoms with Crippen LogP contribution in [0.2, 0.25) is 0 Å². The minimum Gasteiger partial charge on any atom is -0.481 e. The van der Waals surface area contributed by atoms with Crippen LogP contribution in [0.15, 0.2) is 0 Å². The summed E-state index contributed by atoms with van der Waals surface area (Å²) < 4.78 is 0. The van der Waals surface area contributed by atoms with E-state index in [9.17, 15) is 15.0 Å². The van der Waals surface area contributed by atoms with Crippen LogP contribution in [0.5, 0.6) is 0 Å². The van der Waals surface area contributed by atoms with Gasteiger partial charge in [0.25, 0.3) is 0 Å². The van der Waals surface area contributed by atoms with Crippen LogP contribution in [-0.4, -0.2) is 33.5 Å². The van der Waals surface area contributed by atoms with Gasteiger partial charge in [0, 0.05) is 6.42 Å². The van der Waals surface area contributed by atoms with E-state index in [2.05, 4.69) is 20.8 Å². The summed E-state index contributed by atoms with van der Waals surface area (Å²) in [7, 11) is 0. The molecular weight excluding hydrogens is 364 g/mol. The number of aliphatic hydroxyl groups is 2. The third kappa shape index (κ3) is 3.37. The van der Waals surface area contributed by atoms with E-state index in [4.69, 9.17) is 5.11 Å². The quantitative estimate of drug-likeness (QED) is 0.609. The van der Waals surface area contributed by atoms with Gasteiger partial charge >= 0.3 is 5.97 Å². The Labute approximate surface area is 176 Å². The summed E-state index contributed by atoms with van der Waals surface area (Å²) >= 11 is 0. The molecule has 4 heteroatoms. The fourth-order valence-corrected chi connectivity index (χ4v) is 9.04. The molecule has 4 aliphatic carbocycles. The molecule has 0 radical (unpaired) electrons. The Morgan fingerprint density at radius 1 is 0.966 bits per heavy atom. The highest BCUT2D eigenvalue weighted by atomic mass is 16.4. The molecule has 0 amide bonds. The highest BCUT2D eigenvalue weighted by Crippen LogP contribution is 2.69. The summed E-state index contributed by atoms with van der Waals surface area (Å²) in [5.41, 5.74) is 0.517. The standard InChI is InChI=1S/C25H42O4/c1-4-17-20-14-16(26)10-12-25(20,3)19-11-13-24(2)15(6-5-7-21(27)28)8-9-18(24)22(19)23(17)29/h15-20,22-23,26,29H,4-14H2,1-3H3,(H,27,28)/t15-,16+,17+,18-,19-,20?,22?,23+,24+,25?/m0/s1. The average molecular weight is 407 g/mol. The van der Waals surface area contributed by atoms with Gasteiger partial charge in [0.1, 0.15) is 0 Å². The topological polar surface area (TPSA) is 77.8 Å². The Kier molecular flexibility index (Phi) is 5.83. The molecule has 3 N–H and O–H groups in total. The highest BCUT2D eigenvalue weighted by molar-refractivity contribution is 5.66. The first-order valence-corrected chi connectivity index (χ1v) is 12.3. The van der Waals surface area contributed by atoms with Crippen molar-refractivity contribution in [1.29, 1.82) is 0 Å². The number of carbonyl (C=O) groups is 1. The van der Waals surface area contributed by atoms with E-state index < -0.39 is 5.97 Å². The summed E-state index contributed by atoms with van der Waals surface area (Å²) in [5.74, 6) is 2.23. The van der Waals surface area contributed by atoms with E-state index in [-0.39, 0.29) is 29.5 Å². The van der Waals surface area contributed by atoms with Gasteiger partial charge in [-0.25, -0.2) is 0 Å². The molecule has 4 rings (SSSR count). The second kappa shape index (κ2) is 7.82. The van der Waals surface area contributed by atoms with E-state index in [1.165, 1.54) is 25.7 Å². The van der Waals surface area contributed by atoms with Crippen LogP contribution in [0.25, 0.3) is 0 Å². The van der Waals surface area contributed by atoms with Crippen molar-refractivity contribution in [3.8, 4) is 0 Å². The second-order valence-electron chi connectivity index (χ2n) is 11.5. The molecular formula is C25H42O4. The van der Waals surface area contributed by atoms with Gasteiger partial charge in [0.2, 0.25) is 0 Å². The zero-order chi connectivity index (χ0) is 21.0. The first-order valence-electron chi connectivity index (χ1n) is 12.3. The summed E-state index contributed by atoms with van der Waals surface area (Å²) in [5, 5.41) is 31.1. The molecule has 3 unspecified atom stereocenters. The first kappa shape index (κ1) is 21.6. The number of carboxylic acid groups (broad SMARTS) is 1. The fourth-order valence-electron chi connectivity index (χ4n) is 9.04. The van der Waals surface area contributed by atoms with Crippen LogP contribution in [0.4, 0.5) is 0 Å². The Morgan fingerprint density at radius 2 is 1.66 bits per heavy atom. The maximum atomic E-state index is 11.6. The molecule has 10 atom stereocenters. The molecule has 0 heterocycles. The highest BCUT2D eigenvalue weighted by Gasteiger charge is 2.64. The van der Waals surface area contributed by atoms with Crippen LogP contribution >= 0.6 is 0 Å². The number of fused-ring (bicyclic) bond motifs is 5. The molecule has 0 saturated heterocycles. The molecule has 0 aromatic heterocycles. The van der Waals surface area contributed by atoms with E-state index in [0.717, 1.165) is 38.5 Å². The Balaban J connectivity index is 1.59. The first-order chi connectivity index (χ1) is 13.7. The molecule has 166 valence electrons. The van der Waals surface area contributed by atoms with E-state index in [1.54, 1.807) is 0 Å². The summed E-state index contributed by atoms with van der Waals surface area (Å²) in [4.78, 5) is 11.0. The lowest BCUT2D eigenvalue weighted by Crippen LogP contribution is -2.62. The summed E-state index contributed by atoms with van der Waals surface area (Å²) in [6, 6.07) is 0. The van der Waals surface area contributed by atoms with E-state index in [0.29, 0.717) is 35.5 Å². The normalized spacial score (nSPS) is 51.8. The number of rotatable bonds is 5. The van der Waals surface area contributed by atoms with Gasteiger partial charge < -0.3 is 15.3 Å². The molecule has 0 spiro atoms. The third-order valence-corrected chi connectivity index (χ3v) is 10.5. The van der Waals surface area contributed by atoms with Crippen molar-refractivity contribution in [2.24, 2.45) is 46.3 Å². The van der Waals surface area contributed by atoms with Gasteiger partial charge in [-0.1, -0.05) is 27.2 Å². The number of carboxylic acids is 1. The lowest BCUT2D eigenvalue weighted by atomic mass is 9.41. The Morgan fingerprint density at radius 3 is 2.34 bits per heavy atom. The van der Waals surface area contributed by atoms with Crippen molar-refractivity contribution < 1.29 is 20.1 Å². The Hall–Kier alpha value is -0.610. The van der Waals surface area contributed by atoms with Crippen molar-refractivity contribution in [3.63, 3.8) is 0 Å². The summed E-state index contributed by atoms with van der Waals surface area (Å²) in [6.07, 6.45) is 10.4. The molecule has 0 bridgehead atoms. The molecule has 4 fully saturated rings. The van der Waals surface area contributed by atoms with Gasteiger partial charge in [0.15, 0.2) is 0 Å². The van der Waals surface area contributed by atoms with Gasteiger partial charge in [-0.2, -0.15) is 0 Å². The minimum atomic E-state index is -0.680. The van der Waals surface area contributed by atoms with Crippen molar-refractivity contribution in [2.45, 2.75) is 104 Å². The fraction of sp³-hybridized carbons (Fsp3) is 0.960. The van der Waals surface area contributed by atoms with E-state index in [1.807, 2.05) is 0 Å². The van der Waals surface area contributed by atoms with Gasteiger partial charge in [-0.15, -0.1) is 0 Å². The minimum absolute atomic E-state index is 0.190. The van der Waals surface area contributed by atoms with Crippen LogP contribution < -0.4 is 0 Å². The molecule has 4 saturated carbocycles. The van der Waals surface area contributed by atoms with Gasteiger partial charge in [0.05, 0.1) is 12.2 Å². The van der Waals surface area contributed by atoms with E-state index >= 15 is 0 Å². The maximum Gasteiger partial charge on any atom is 0.303 e. The van der Waals surface area contributed by atoms with Gasteiger partial charge in [-0.3, -0.25) is 4.79 Å². The largest absolute Gasteiger partial charge is 0.481 e. The molecule has 4 nitrogen and oxygen atoms in total.